The van der Waals surface area contributed by atoms with Crippen LogP contribution in [0, 0.1) is 5.82 Å². The molecule has 1 aliphatic heterocycles. The van der Waals surface area contributed by atoms with Gasteiger partial charge in [-0.05, 0) is 43.8 Å². The van der Waals surface area contributed by atoms with Gasteiger partial charge in [-0.1, -0.05) is 0 Å². The molecular weight excluding hydrogens is 299 g/mol. The van der Waals surface area contributed by atoms with Gasteiger partial charge in [-0.3, -0.25) is 0 Å². The SMILES string of the molecule is CNCc1cc(S(=O)(=O)NCC2CCCS2)ccc1F. The molecule has 1 saturated heterocycles. The lowest BCUT2D eigenvalue weighted by Crippen LogP contribution is -2.30. The first kappa shape index (κ1) is 15.8. The van der Waals surface area contributed by atoms with Crippen LogP contribution in [0.3, 0.4) is 0 Å². The van der Waals surface area contributed by atoms with Gasteiger partial charge in [-0.25, -0.2) is 17.5 Å². The van der Waals surface area contributed by atoms with Gasteiger partial charge in [0, 0.05) is 23.9 Å². The molecule has 0 aliphatic carbocycles. The predicted molar refractivity (Wildman–Crippen MR) is 79.8 cm³/mol. The van der Waals surface area contributed by atoms with Crippen molar-refractivity contribution in [2.75, 3.05) is 19.3 Å². The largest absolute Gasteiger partial charge is 0.316 e. The van der Waals surface area contributed by atoms with Crippen LogP contribution in [0.15, 0.2) is 23.1 Å². The lowest BCUT2D eigenvalue weighted by molar-refractivity contribution is 0.575. The summed E-state index contributed by atoms with van der Waals surface area (Å²) in [6.45, 7) is 0.736. The van der Waals surface area contributed by atoms with Gasteiger partial charge in [0.05, 0.1) is 4.90 Å². The van der Waals surface area contributed by atoms with Crippen LogP contribution < -0.4 is 10.0 Å². The van der Waals surface area contributed by atoms with Crippen LogP contribution in [-0.2, 0) is 16.6 Å². The molecule has 1 aromatic rings. The molecule has 0 amide bonds. The highest BCUT2D eigenvalue weighted by molar-refractivity contribution is 8.00. The van der Waals surface area contributed by atoms with Crippen molar-refractivity contribution < 1.29 is 12.8 Å². The van der Waals surface area contributed by atoms with Gasteiger partial charge in [0.2, 0.25) is 10.0 Å². The number of thioether (sulfide) groups is 1. The fraction of sp³-hybridized carbons (Fsp3) is 0.538. The van der Waals surface area contributed by atoms with Crippen molar-refractivity contribution in [2.45, 2.75) is 29.5 Å². The van der Waals surface area contributed by atoms with E-state index in [1.54, 1.807) is 18.8 Å². The first-order valence-corrected chi connectivity index (χ1v) is 9.10. The van der Waals surface area contributed by atoms with Crippen molar-refractivity contribution in [3.8, 4) is 0 Å². The summed E-state index contributed by atoms with van der Waals surface area (Å²) in [5.74, 6) is 0.694. The third kappa shape index (κ3) is 3.94. The lowest BCUT2D eigenvalue weighted by atomic mass is 10.2. The van der Waals surface area contributed by atoms with E-state index in [1.165, 1.54) is 18.2 Å². The second-order valence-electron chi connectivity index (χ2n) is 4.77. The molecule has 2 rings (SSSR count). The number of benzene rings is 1. The fourth-order valence-electron chi connectivity index (χ4n) is 2.14. The normalized spacial score (nSPS) is 19.4. The van der Waals surface area contributed by atoms with Crippen molar-refractivity contribution in [3.63, 3.8) is 0 Å². The van der Waals surface area contributed by atoms with Crippen LogP contribution >= 0.6 is 11.8 Å². The topological polar surface area (TPSA) is 58.2 Å². The van der Waals surface area contributed by atoms with Crippen LogP contribution in [0.5, 0.6) is 0 Å². The predicted octanol–water partition coefficient (Wildman–Crippen LogP) is 1.72. The number of hydrogen-bond acceptors (Lipinski definition) is 4. The Hall–Kier alpha value is -0.630. The zero-order valence-corrected chi connectivity index (χ0v) is 13.0. The molecular formula is C13H19FN2O2S2. The Morgan fingerprint density at radius 1 is 1.45 bits per heavy atom. The maximum atomic E-state index is 13.5. The molecule has 0 bridgehead atoms. The Balaban J connectivity index is 2.09. The van der Waals surface area contributed by atoms with E-state index in [0.29, 0.717) is 23.9 Å². The van der Waals surface area contributed by atoms with Gasteiger partial charge in [-0.2, -0.15) is 11.8 Å². The van der Waals surface area contributed by atoms with E-state index in [4.69, 9.17) is 0 Å². The van der Waals surface area contributed by atoms with E-state index in [0.717, 1.165) is 18.6 Å². The van der Waals surface area contributed by atoms with Crippen molar-refractivity contribution in [2.24, 2.45) is 0 Å². The maximum Gasteiger partial charge on any atom is 0.240 e. The minimum Gasteiger partial charge on any atom is -0.316 e. The molecule has 0 radical (unpaired) electrons. The molecule has 1 aromatic carbocycles. The Labute approximate surface area is 123 Å². The number of hydrogen-bond donors (Lipinski definition) is 2. The summed E-state index contributed by atoms with van der Waals surface area (Å²) in [5.41, 5.74) is 0.352. The molecule has 20 heavy (non-hydrogen) atoms. The van der Waals surface area contributed by atoms with E-state index < -0.39 is 15.8 Å². The summed E-state index contributed by atoms with van der Waals surface area (Å²) in [7, 11) is -1.87. The molecule has 0 aromatic heterocycles. The highest BCUT2D eigenvalue weighted by Crippen LogP contribution is 2.25. The number of halogens is 1. The van der Waals surface area contributed by atoms with Gasteiger partial charge in [0.15, 0.2) is 0 Å². The van der Waals surface area contributed by atoms with Crippen LogP contribution in [0.1, 0.15) is 18.4 Å². The first-order valence-electron chi connectivity index (χ1n) is 6.57. The summed E-state index contributed by atoms with van der Waals surface area (Å²) < 4.78 is 40.5. The minimum atomic E-state index is -3.56. The van der Waals surface area contributed by atoms with Gasteiger partial charge in [0.1, 0.15) is 5.82 Å². The van der Waals surface area contributed by atoms with Crippen molar-refractivity contribution >= 4 is 21.8 Å². The van der Waals surface area contributed by atoms with Gasteiger partial charge >= 0.3 is 0 Å². The Morgan fingerprint density at radius 2 is 2.25 bits per heavy atom. The molecule has 4 nitrogen and oxygen atoms in total. The Bertz CT molecular complexity index is 557. The third-order valence-corrected chi connectivity index (χ3v) is 6.04. The fourth-order valence-corrected chi connectivity index (χ4v) is 4.57. The second-order valence-corrected chi connectivity index (χ2v) is 7.95. The molecule has 1 heterocycles. The Morgan fingerprint density at radius 3 is 2.90 bits per heavy atom. The summed E-state index contributed by atoms with van der Waals surface area (Å²) in [6, 6.07) is 3.89. The van der Waals surface area contributed by atoms with Crippen LogP contribution in [0.4, 0.5) is 4.39 Å². The van der Waals surface area contributed by atoms with Crippen LogP contribution in [0.2, 0.25) is 0 Å². The Kier molecular flexibility index (Phi) is 5.42. The highest BCUT2D eigenvalue weighted by Gasteiger charge is 2.20. The van der Waals surface area contributed by atoms with Crippen LogP contribution in [0.25, 0.3) is 0 Å². The van der Waals surface area contributed by atoms with Crippen LogP contribution in [-0.4, -0.2) is 33.0 Å². The highest BCUT2D eigenvalue weighted by atomic mass is 32.2. The zero-order chi connectivity index (χ0) is 14.6. The third-order valence-electron chi connectivity index (χ3n) is 3.22. The minimum absolute atomic E-state index is 0.118. The van der Waals surface area contributed by atoms with E-state index in [2.05, 4.69) is 10.0 Å². The molecule has 1 fully saturated rings. The van der Waals surface area contributed by atoms with Crippen molar-refractivity contribution in [1.82, 2.24) is 10.0 Å². The molecule has 112 valence electrons. The summed E-state index contributed by atoms with van der Waals surface area (Å²) in [6.07, 6.45) is 2.18. The number of rotatable bonds is 6. The molecule has 0 spiro atoms. The smallest absolute Gasteiger partial charge is 0.240 e. The molecule has 7 heteroatoms. The maximum absolute atomic E-state index is 13.5. The van der Waals surface area contributed by atoms with Crippen molar-refractivity contribution in [3.05, 3.63) is 29.6 Å². The average molecular weight is 318 g/mol. The summed E-state index contributed by atoms with van der Waals surface area (Å²) in [5, 5.41) is 3.17. The van der Waals surface area contributed by atoms with E-state index in [9.17, 15) is 12.8 Å². The van der Waals surface area contributed by atoms with Gasteiger partial charge in [0.25, 0.3) is 0 Å². The molecule has 1 unspecified atom stereocenters. The number of nitrogens with one attached hydrogen (secondary N) is 2. The lowest BCUT2D eigenvalue weighted by Gasteiger charge is -2.12. The molecule has 1 aliphatic rings. The summed E-state index contributed by atoms with van der Waals surface area (Å²) in [4.78, 5) is 0.118. The second kappa shape index (κ2) is 6.89. The average Bonchev–Trinajstić information content (AvgIpc) is 2.92. The zero-order valence-electron chi connectivity index (χ0n) is 11.4. The van der Waals surface area contributed by atoms with Gasteiger partial charge in [-0.15, -0.1) is 0 Å². The molecule has 2 N–H and O–H groups in total. The first-order chi connectivity index (χ1) is 9.53. The van der Waals surface area contributed by atoms with Gasteiger partial charge < -0.3 is 5.32 Å². The molecule has 1 atom stereocenters. The van der Waals surface area contributed by atoms with Crippen molar-refractivity contribution in [1.29, 1.82) is 0 Å². The standard InChI is InChI=1S/C13H19FN2O2S2/c1-15-8-10-7-12(4-5-13(10)14)20(17,18)16-9-11-3-2-6-19-11/h4-5,7,11,15-16H,2-3,6,8-9H2,1H3. The summed E-state index contributed by atoms with van der Waals surface area (Å²) >= 11 is 1.80. The number of sulfonamides is 1. The van der Waals surface area contributed by atoms with E-state index in [1.807, 2.05) is 0 Å². The van der Waals surface area contributed by atoms with E-state index >= 15 is 0 Å². The quantitative estimate of drug-likeness (QED) is 0.838. The monoisotopic (exact) mass is 318 g/mol. The molecule has 0 saturated carbocycles. The van der Waals surface area contributed by atoms with E-state index in [-0.39, 0.29) is 4.90 Å².